The molecule has 0 saturated heterocycles. The third kappa shape index (κ3) is 6.24. The highest BCUT2D eigenvalue weighted by atomic mass is 16.2. The van der Waals surface area contributed by atoms with E-state index in [1.165, 1.54) is 11.1 Å². The number of hydrogen-bond acceptors (Lipinski definition) is 2. The fourth-order valence-corrected chi connectivity index (χ4v) is 3.11. The van der Waals surface area contributed by atoms with E-state index in [1.54, 1.807) is 4.90 Å². The summed E-state index contributed by atoms with van der Waals surface area (Å²) in [6.07, 6.45) is 1.45. The lowest BCUT2D eigenvalue weighted by Crippen LogP contribution is -2.31. The van der Waals surface area contributed by atoms with Crippen molar-refractivity contribution in [3.8, 4) is 11.1 Å². The maximum absolute atomic E-state index is 12.3. The average Bonchev–Trinajstić information content (AvgIpc) is 2.70. The van der Waals surface area contributed by atoms with Crippen LogP contribution in [0.4, 0.5) is 0 Å². The Balaban J connectivity index is 1.81. The van der Waals surface area contributed by atoms with Crippen molar-refractivity contribution in [3.05, 3.63) is 60.2 Å². The molecule has 0 unspecified atom stereocenters. The van der Waals surface area contributed by atoms with Crippen molar-refractivity contribution in [1.29, 1.82) is 0 Å². The fourth-order valence-electron chi connectivity index (χ4n) is 3.11. The number of hydrogen-bond donors (Lipinski definition) is 0. The molecule has 0 saturated carbocycles. The first-order valence-electron chi connectivity index (χ1n) is 9.71. The number of carbonyl (C=O) groups excluding carboxylic acids is 2. The van der Waals surface area contributed by atoms with Gasteiger partial charge < -0.3 is 9.80 Å². The average molecular weight is 367 g/mol. The van der Waals surface area contributed by atoms with E-state index in [9.17, 15) is 9.59 Å². The minimum absolute atomic E-state index is 0.0782. The molecule has 0 atom stereocenters. The van der Waals surface area contributed by atoms with Gasteiger partial charge in [-0.2, -0.15) is 0 Å². The van der Waals surface area contributed by atoms with Crippen molar-refractivity contribution in [3.63, 3.8) is 0 Å². The molecule has 27 heavy (non-hydrogen) atoms. The highest BCUT2D eigenvalue weighted by Gasteiger charge is 2.13. The van der Waals surface area contributed by atoms with Gasteiger partial charge in [-0.3, -0.25) is 9.59 Å². The zero-order valence-corrected chi connectivity index (χ0v) is 16.6. The fraction of sp³-hybridized carbons (Fsp3) is 0.391. The molecule has 0 aliphatic heterocycles. The Hall–Kier alpha value is -2.62. The number of nitrogens with zero attached hydrogens (tertiary/aromatic N) is 2. The Kier molecular flexibility index (Phi) is 8.05. The Labute approximate surface area is 162 Å². The first-order chi connectivity index (χ1) is 13.0. The molecule has 0 spiro atoms. The van der Waals surface area contributed by atoms with Gasteiger partial charge in [0.1, 0.15) is 0 Å². The summed E-state index contributed by atoms with van der Waals surface area (Å²) in [6.45, 7) is 5.98. The molecular weight excluding hydrogens is 336 g/mol. The molecule has 0 heterocycles. The van der Waals surface area contributed by atoms with Gasteiger partial charge in [0.25, 0.3) is 0 Å². The van der Waals surface area contributed by atoms with Gasteiger partial charge in [-0.15, -0.1) is 0 Å². The van der Waals surface area contributed by atoms with Crippen molar-refractivity contribution >= 4 is 11.8 Å². The molecule has 0 aliphatic carbocycles. The van der Waals surface area contributed by atoms with Gasteiger partial charge in [0.2, 0.25) is 11.8 Å². The van der Waals surface area contributed by atoms with E-state index in [4.69, 9.17) is 0 Å². The largest absolute Gasteiger partial charge is 0.343 e. The van der Waals surface area contributed by atoms with Crippen molar-refractivity contribution in [1.82, 2.24) is 9.80 Å². The summed E-state index contributed by atoms with van der Waals surface area (Å²) in [4.78, 5) is 27.9. The predicted octanol–water partition coefficient (Wildman–Crippen LogP) is 4.35. The summed E-state index contributed by atoms with van der Waals surface area (Å²) in [7, 11) is 1.82. The van der Waals surface area contributed by atoms with Gasteiger partial charge in [-0.25, -0.2) is 0 Å². The van der Waals surface area contributed by atoms with Crippen LogP contribution in [0.5, 0.6) is 0 Å². The molecular formula is C23H30N2O2. The van der Waals surface area contributed by atoms with Crippen LogP contribution in [0.1, 0.15) is 38.7 Å². The van der Waals surface area contributed by atoms with Gasteiger partial charge >= 0.3 is 0 Å². The van der Waals surface area contributed by atoms with Crippen molar-refractivity contribution in [2.45, 2.75) is 39.7 Å². The Morgan fingerprint density at radius 2 is 1.33 bits per heavy atom. The molecule has 0 radical (unpaired) electrons. The molecule has 4 heteroatoms. The molecule has 0 N–H and O–H groups in total. The molecule has 2 aromatic rings. The lowest BCUT2D eigenvalue weighted by Gasteiger charge is -2.20. The minimum atomic E-state index is 0.0782. The summed E-state index contributed by atoms with van der Waals surface area (Å²) in [5, 5.41) is 0. The third-order valence-electron chi connectivity index (χ3n) is 4.80. The predicted molar refractivity (Wildman–Crippen MR) is 110 cm³/mol. The maximum atomic E-state index is 12.3. The van der Waals surface area contributed by atoms with E-state index < -0.39 is 0 Å². The molecule has 2 aromatic carbocycles. The Bertz CT molecular complexity index is 722. The molecule has 0 bridgehead atoms. The van der Waals surface area contributed by atoms with Crippen LogP contribution in [0.3, 0.4) is 0 Å². The summed E-state index contributed by atoms with van der Waals surface area (Å²) < 4.78 is 0. The van der Waals surface area contributed by atoms with E-state index in [1.807, 2.05) is 44.0 Å². The summed E-state index contributed by atoms with van der Waals surface area (Å²) in [5.74, 6) is 0.210. The molecule has 2 rings (SSSR count). The van der Waals surface area contributed by atoms with Crippen LogP contribution in [0.25, 0.3) is 11.1 Å². The first-order valence-corrected chi connectivity index (χ1v) is 9.71. The molecule has 144 valence electrons. The maximum Gasteiger partial charge on any atom is 0.222 e. The van der Waals surface area contributed by atoms with E-state index in [0.717, 1.165) is 18.7 Å². The molecule has 0 aliphatic rings. The molecule has 4 nitrogen and oxygen atoms in total. The molecule has 2 amide bonds. The second-order valence-electron chi connectivity index (χ2n) is 6.73. The third-order valence-corrected chi connectivity index (χ3v) is 4.80. The van der Waals surface area contributed by atoms with Gasteiger partial charge in [0.15, 0.2) is 0 Å². The first kappa shape index (κ1) is 20.7. The summed E-state index contributed by atoms with van der Waals surface area (Å²) in [6, 6.07) is 18.5. The molecule has 0 fully saturated rings. The van der Waals surface area contributed by atoms with Gasteiger partial charge in [-0.1, -0.05) is 54.6 Å². The van der Waals surface area contributed by atoms with Crippen molar-refractivity contribution in [2.75, 3.05) is 20.1 Å². The second kappa shape index (κ2) is 10.5. The molecule has 0 aromatic heterocycles. The van der Waals surface area contributed by atoms with Crippen molar-refractivity contribution in [2.24, 2.45) is 0 Å². The van der Waals surface area contributed by atoms with E-state index >= 15 is 0 Å². The van der Waals surface area contributed by atoms with Crippen LogP contribution in [0.2, 0.25) is 0 Å². The monoisotopic (exact) mass is 366 g/mol. The summed E-state index contributed by atoms with van der Waals surface area (Å²) >= 11 is 0. The van der Waals surface area contributed by atoms with Gasteiger partial charge in [0, 0.05) is 39.5 Å². The normalized spacial score (nSPS) is 10.5. The van der Waals surface area contributed by atoms with Gasteiger partial charge in [-0.05, 0) is 37.0 Å². The zero-order valence-electron chi connectivity index (χ0n) is 16.6. The highest BCUT2D eigenvalue weighted by molar-refractivity contribution is 5.79. The van der Waals surface area contributed by atoms with Crippen LogP contribution < -0.4 is 0 Å². The lowest BCUT2D eigenvalue weighted by molar-refractivity contribution is -0.132. The van der Waals surface area contributed by atoms with Crippen molar-refractivity contribution < 1.29 is 9.59 Å². The topological polar surface area (TPSA) is 40.6 Å². The highest BCUT2D eigenvalue weighted by Crippen LogP contribution is 2.19. The standard InChI is InChI=1S/C23H30N2O2/c1-4-25(5-2)23(27)13-9-12-22(26)24(3)18-19-14-16-21(17-15-19)20-10-7-6-8-11-20/h6-8,10-11,14-17H,4-5,9,12-13,18H2,1-3H3. The van der Waals surface area contributed by atoms with Crippen LogP contribution in [0, 0.1) is 0 Å². The SMILES string of the molecule is CCN(CC)C(=O)CCCC(=O)N(C)Cc1ccc(-c2ccccc2)cc1. The second-order valence-corrected chi connectivity index (χ2v) is 6.73. The minimum Gasteiger partial charge on any atom is -0.343 e. The van der Waals surface area contributed by atoms with Gasteiger partial charge in [0.05, 0.1) is 0 Å². The van der Waals surface area contributed by atoms with E-state index in [0.29, 0.717) is 25.8 Å². The van der Waals surface area contributed by atoms with Crippen LogP contribution in [-0.4, -0.2) is 41.8 Å². The lowest BCUT2D eigenvalue weighted by atomic mass is 10.0. The Morgan fingerprint density at radius 3 is 1.93 bits per heavy atom. The number of benzene rings is 2. The zero-order chi connectivity index (χ0) is 19.6. The number of amides is 2. The Morgan fingerprint density at radius 1 is 0.778 bits per heavy atom. The van der Waals surface area contributed by atoms with Crippen LogP contribution >= 0.6 is 0 Å². The summed E-state index contributed by atoms with van der Waals surface area (Å²) in [5.41, 5.74) is 3.46. The number of rotatable bonds is 9. The smallest absolute Gasteiger partial charge is 0.222 e. The van der Waals surface area contributed by atoms with Crippen LogP contribution in [-0.2, 0) is 16.1 Å². The van der Waals surface area contributed by atoms with E-state index in [-0.39, 0.29) is 11.8 Å². The van der Waals surface area contributed by atoms with E-state index in [2.05, 4.69) is 36.4 Å². The number of carbonyl (C=O) groups is 2. The quantitative estimate of drug-likeness (QED) is 0.662. The van der Waals surface area contributed by atoms with Crippen LogP contribution in [0.15, 0.2) is 54.6 Å².